The maximum absolute atomic E-state index is 8.66. The molecule has 1 aromatic rings. The number of amidine groups is 1. The van der Waals surface area contributed by atoms with E-state index in [0.29, 0.717) is 17.1 Å². The lowest BCUT2D eigenvalue weighted by atomic mass is 10.2. The zero-order valence-electron chi connectivity index (χ0n) is 6.39. The van der Waals surface area contributed by atoms with Gasteiger partial charge in [-0.05, 0) is 12.1 Å². The van der Waals surface area contributed by atoms with Crippen molar-refractivity contribution in [3.63, 3.8) is 0 Å². The van der Waals surface area contributed by atoms with E-state index in [9.17, 15) is 0 Å². The van der Waals surface area contributed by atoms with Crippen LogP contribution in [-0.2, 0) is 0 Å². The third kappa shape index (κ3) is 1.76. The molecule has 2 heterocycles. The molecule has 0 aromatic carbocycles. The molecule has 13 heavy (non-hydrogen) atoms. The fourth-order valence-corrected chi connectivity index (χ4v) is 2.12. The highest BCUT2D eigenvalue weighted by molar-refractivity contribution is 8.76. The lowest BCUT2D eigenvalue weighted by Crippen LogP contribution is -2.13. The molecule has 0 aliphatic carbocycles. The average molecular weight is 208 g/mol. The maximum Gasteiger partial charge on any atom is 0.171 e. The summed E-state index contributed by atoms with van der Waals surface area (Å²) in [5.74, 6) is 0.715. The number of aromatic nitrogens is 1. The summed E-state index contributed by atoms with van der Waals surface area (Å²) in [6.07, 6.45) is 1.60. The number of nitrogens with zero attached hydrogens (tertiary/aromatic N) is 3. The van der Waals surface area contributed by atoms with E-state index in [1.165, 1.54) is 22.0 Å². The fraction of sp³-hybridized carbons (Fsp3) is 0. The van der Waals surface area contributed by atoms with Crippen LogP contribution < -0.4 is 4.72 Å². The minimum atomic E-state index is 0.594. The molecule has 0 spiro atoms. The summed E-state index contributed by atoms with van der Waals surface area (Å²) in [6.45, 7) is 0. The molecule has 1 aliphatic heterocycles. The lowest BCUT2D eigenvalue weighted by molar-refractivity contribution is 1.25. The minimum Gasteiger partial charge on any atom is -0.301 e. The van der Waals surface area contributed by atoms with Gasteiger partial charge in [0.2, 0.25) is 0 Å². The lowest BCUT2D eigenvalue weighted by Gasteiger charge is -1.98. The number of hydrogen-bond donors (Lipinski definition) is 1. The number of hydrogen-bond acceptors (Lipinski definition) is 6. The molecule has 0 fully saturated rings. The Morgan fingerprint density at radius 2 is 2.46 bits per heavy atom. The van der Waals surface area contributed by atoms with Crippen molar-refractivity contribution in [2.75, 3.05) is 0 Å². The van der Waals surface area contributed by atoms with Crippen molar-refractivity contribution in [1.82, 2.24) is 9.71 Å². The predicted molar refractivity (Wildman–Crippen MR) is 53.8 cm³/mol. The molecular formula is C7H4N4S2. The minimum absolute atomic E-state index is 0.594. The van der Waals surface area contributed by atoms with Crippen LogP contribution >= 0.6 is 22.0 Å². The normalized spacial score (nSPS) is 14.5. The standard InChI is InChI=1S/C7H4N4S2/c8-4-5-1-2-9-6(3-5)7-10-12-13-11-7/h1-3H,(H,10,11). The molecule has 1 N–H and O–H groups in total. The van der Waals surface area contributed by atoms with Gasteiger partial charge in [-0.3, -0.25) is 4.98 Å². The van der Waals surface area contributed by atoms with E-state index in [-0.39, 0.29) is 0 Å². The van der Waals surface area contributed by atoms with Crippen LogP contribution in [0, 0.1) is 11.3 Å². The van der Waals surface area contributed by atoms with Gasteiger partial charge < -0.3 is 4.72 Å². The SMILES string of the molecule is N#Cc1ccnc(C2=NSSN2)c1. The van der Waals surface area contributed by atoms with Crippen molar-refractivity contribution in [3.05, 3.63) is 29.6 Å². The summed E-state index contributed by atoms with van der Waals surface area (Å²) >= 11 is 0. The van der Waals surface area contributed by atoms with E-state index in [1.807, 2.05) is 0 Å². The van der Waals surface area contributed by atoms with Gasteiger partial charge in [0.05, 0.1) is 22.6 Å². The summed E-state index contributed by atoms with van der Waals surface area (Å²) in [4.78, 5) is 4.10. The van der Waals surface area contributed by atoms with Gasteiger partial charge in [0.1, 0.15) is 5.69 Å². The van der Waals surface area contributed by atoms with Crippen molar-refractivity contribution < 1.29 is 0 Å². The summed E-state index contributed by atoms with van der Waals surface area (Å²) in [5.41, 5.74) is 1.30. The summed E-state index contributed by atoms with van der Waals surface area (Å²) < 4.78 is 7.08. The molecular weight excluding hydrogens is 204 g/mol. The second-order valence-electron chi connectivity index (χ2n) is 2.24. The molecule has 0 amide bonds. The van der Waals surface area contributed by atoms with Crippen LogP contribution in [0.15, 0.2) is 22.7 Å². The van der Waals surface area contributed by atoms with Gasteiger partial charge in [0, 0.05) is 17.2 Å². The molecule has 0 saturated heterocycles. The molecule has 6 heteroatoms. The molecule has 0 radical (unpaired) electrons. The Morgan fingerprint density at radius 1 is 1.54 bits per heavy atom. The van der Waals surface area contributed by atoms with E-state index in [1.54, 1.807) is 18.3 Å². The maximum atomic E-state index is 8.66. The molecule has 2 rings (SSSR count). The van der Waals surface area contributed by atoms with Crippen LogP contribution in [0.5, 0.6) is 0 Å². The summed E-state index contributed by atoms with van der Waals surface area (Å²) in [6, 6.07) is 5.43. The Labute approximate surface area is 83.1 Å². The zero-order valence-corrected chi connectivity index (χ0v) is 8.02. The Hall–Kier alpha value is -1.19. The van der Waals surface area contributed by atoms with E-state index in [2.05, 4.69) is 20.2 Å². The fourth-order valence-electron chi connectivity index (χ4n) is 0.861. The largest absolute Gasteiger partial charge is 0.301 e. The van der Waals surface area contributed by atoms with Gasteiger partial charge in [-0.25, -0.2) is 0 Å². The molecule has 0 unspecified atom stereocenters. The monoisotopic (exact) mass is 208 g/mol. The molecule has 0 atom stereocenters. The van der Waals surface area contributed by atoms with Crippen LogP contribution in [-0.4, -0.2) is 10.8 Å². The van der Waals surface area contributed by atoms with Crippen molar-refractivity contribution in [2.24, 2.45) is 4.40 Å². The van der Waals surface area contributed by atoms with Crippen molar-refractivity contribution in [2.45, 2.75) is 0 Å². The zero-order chi connectivity index (χ0) is 9.10. The first kappa shape index (κ1) is 8.41. The van der Waals surface area contributed by atoms with E-state index >= 15 is 0 Å². The highest BCUT2D eigenvalue weighted by Crippen LogP contribution is 2.26. The van der Waals surface area contributed by atoms with E-state index in [0.717, 1.165) is 0 Å². The van der Waals surface area contributed by atoms with E-state index in [4.69, 9.17) is 5.26 Å². The van der Waals surface area contributed by atoms with Crippen molar-refractivity contribution in [3.8, 4) is 6.07 Å². The third-order valence-electron chi connectivity index (χ3n) is 1.44. The third-order valence-corrected chi connectivity index (χ3v) is 2.74. The number of rotatable bonds is 1. The van der Waals surface area contributed by atoms with Crippen LogP contribution in [0.2, 0.25) is 0 Å². The smallest absolute Gasteiger partial charge is 0.171 e. The van der Waals surface area contributed by atoms with E-state index < -0.39 is 0 Å². The van der Waals surface area contributed by atoms with Gasteiger partial charge >= 0.3 is 0 Å². The molecule has 0 saturated carbocycles. The second kappa shape index (κ2) is 3.68. The quantitative estimate of drug-likeness (QED) is 0.560. The Bertz CT molecular complexity index is 396. The molecule has 1 aromatic heterocycles. The Balaban J connectivity index is 2.36. The Morgan fingerprint density at radius 3 is 3.15 bits per heavy atom. The first-order chi connectivity index (χ1) is 6.40. The molecule has 4 nitrogen and oxygen atoms in total. The highest BCUT2D eigenvalue weighted by atomic mass is 33.1. The van der Waals surface area contributed by atoms with Crippen LogP contribution in [0.3, 0.4) is 0 Å². The first-order valence-electron chi connectivity index (χ1n) is 3.43. The molecule has 1 aliphatic rings. The number of pyridine rings is 1. The number of nitrogens with one attached hydrogen (secondary N) is 1. The molecule has 64 valence electrons. The average Bonchev–Trinajstić information content (AvgIpc) is 2.71. The van der Waals surface area contributed by atoms with Crippen LogP contribution in [0.1, 0.15) is 11.3 Å². The van der Waals surface area contributed by atoms with Gasteiger partial charge in [-0.15, -0.1) is 0 Å². The summed E-state index contributed by atoms with van der Waals surface area (Å²) in [7, 11) is 2.79. The predicted octanol–water partition coefficient (Wildman–Crippen LogP) is 1.51. The highest BCUT2D eigenvalue weighted by Gasteiger charge is 2.11. The topological polar surface area (TPSA) is 61.1 Å². The van der Waals surface area contributed by atoms with Gasteiger partial charge in [-0.2, -0.15) is 9.66 Å². The van der Waals surface area contributed by atoms with Gasteiger partial charge in [0.15, 0.2) is 5.84 Å². The summed E-state index contributed by atoms with van der Waals surface area (Å²) in [5, 5.41) is 8.66. The Kier molecular flexibility index (Phi) is 2.38. The van der Waals surface area contributed by atoms with Crippen LogP contribution in [0.4, 0.5) is 0 Å². The number of nitriles is 1. The van der Waals surface area contributed by atoms with Crippen molar-refractivity contribution >= 4 is 27.8 Å². The van der Waals surface area contributed by atoms with Crippen LogP contribution in [0.25, 0.3) is 0 Å². The van der Waals surface area contributed by atoms with Gasteiger partial charge in [0.25, 0.3) is 0 Å². The molecule has 0 bridgehead atoms. The second-order valence-corrected chi connectivity index (χ2v) is 3.89. The first-order valence-corrected chi connectivity index (χ1v) is 5.54. The van der Waals surface area contributed by atoms with Crippen molar-refractivity contribution in [1.29, 1.82) is 5.26 Å². The van der Waals surface area contributed by atoms with Gasteiger partial charge in [-0.1, -0.05) is 0 Å².